The lowest BCUT2D eigenvalue weighted by atomic mass is 10.6. The van der Waals surface area contributed by atoms with E-state index in [-0.39, 0.29) is 5.91 Å². The number of hydrogen-bond donors (Lipinski definition) is 0. The maximum atomic E-state index is 5.71. The van der Waals surface area contributed by atoms with Crippen molar-refractivity contribution in [2.45, 2.75) is 12.8 Å². The van der Waals surface area contributed by atoms with Gasteiger partial charge in [0, 0.05) is 13.1 Å². The highest BCUT2D eigenvalue weighted by atomic mass is 28.2. The average Bonchev–Trinajstić information content (AvgIpc) is 2.24. The summed E-state index contributed by atoms with van der Waals surface area (Å²) in [6.45, 7) is 5.11. The molecular formula is C12H26N2O2Si. The first-order chi connectivity index (χ1) is 8.06. The van der Waals surface area contributed by atoms with Gasteiger partial charge in [-0.25, -0.2) is 0 Å². The summed E-state index contributed by atoms with van der Waals surface area (Å²) in [5, 5.41) is 0. The molecule has 0 spiro atoms. The van der Waals surface area contributed by atoms with E-state index < -0.39 is 9.52 Å². The maximum absolute atomic E-state index is 5.71. The molecular weight excluding hydrogens is 232 g/mol. The predicted octanol–water partition coefficient (Wildman–Crippen LogP) is -0.424. The third-order valence-electron chi connectivity index (χ3n) is 2.13. The van der Waals surface area contributed by atoms with E-state index in [9.17, 15) is 0 Å². The molecule has 0 atom stereocenters. The third kappa shape index (κ3) is 11.9. The normalized spacial score (nSPS) is 11.8. The smallest absolute Gasteiger partial charge is 0.172 e. The molecule has 17 heavy (non-hydrogen) atoms. The van der Waals surface area contributed by atoms with Crippen LogP contribution < -0.4 is 0 Å². The zero-order chi connectivity index (χ0) is 13.1. The molecule has 0 bridgehead atoms. The Morgan fingerprint density at radius 1 is 1.00 bits per heavy atom. The van der Waals surface area contributed by atoms with E-state index in [1.54, 1.807) is 0 Å². The van der Waals surface area contributed by atoms with Gasteiger partial charge in [0.2, 0.25) is 0 Å². The molecule has 0 aromatic carbocycles. The monoisotopic (exact) mass is 258 g/mol. The number of ether oxygens (including phenoxy) is 2. The molecule has 100 valence electrons. The van der Waals surface area contributed by atoms with Gasteiger partial charge in [0.15, 0.2) is 9.52 Å². The van der Waals surface area contributed by atoms with Crippen LogP contribution in [0.2, 0.25) is 0 Å². The van der Waals surface area contributed by atoms with Gasteiger partial charge in [-0.15, -0.1) is 11.5 Å². The summed E-state index contributed by atoms with van der Waals surface area (Å²) in [5.74, 6) is 2.86. The van der Waals surface area contributed by atoms with Gasteiger partial charge in [-0.2, -0.15) is 0 Å². The van der Waals surface area contributed by atoms with Crippen LogP contribution in [0.25, 0.3) is 0 Å². The van der Waals surface area contributed by atoms with Crippen LogP contribution in [-0.2, 0) is 9.47 Å². The van der Waals surface area contributed by atoms with Gasteiger partial charge < -0.3 is 19.3 Å². The van der Waals surface area contributed by atoms with Gasteiger partial charge in [0.05, 0.1) is 13.2 Å². The Kier molecular flexibility index (Phi) is 10.5. The van der Waals surface area contributed by atoms with E-state index in [4.69, 9.17) is 9.47 Å². The van der Waals surface area contributed by atoms with Crippen LogP contribution in [0.4, 0.5) is 0 Å². The molecule has 0 N–H and O–H groups in total. The van der Waals surface area contributed by atoms with Crippen LogP contribution in [-0.4, -0.2) is 79.7 Å². The molecule has 0 heterocycles. The summed E-state index contributed by atoms with van der Waals surface area (Å²) in [7, 11) is 7.54. The van der Waals surface area contributed by atoms with Crippen LogP contribution in [0, 0.1) is 11.5 Å². The Morgan fingerprint density at radius 2 is 1.47 bits per heavy atom. The Hall–Kier alpha value is -0.383. The average molecular weight is 258 g/mol. The number of rotatable bonds is 9. The van der Waals surface area contributed by atoms with Crippen molar-refractivity contribution in [3.8, 4) is 11.5 Å². The molecule has 0 aliphatic heterocycles. The third-order valence-corrected chi connectivity index (χ3v) is 3.49. The van der Waals surface area contributed by atoms with E-state index in [0.717, 1.165) is 13.1 Å². The van der Waals surface area contributed by atoms with Crippen LogP contribution in [0.1, 0.15) is 6.92 Å². The minimum absolute atomic E-state index is 0.0673. The zero-order valence-corrected chi connectivity index (χ0v) is 13.2. The van der Waals surface area contributed by atoms with E-state index in [2.05, 4.69) is 21.3 Å². The van der Waals surface area contributed by atoms with Gasteiger partial charge in [-0.3, -0.25) is 0 Å². The van der Waals surface area contributed by atoms with Crippen LogP contribution in [0.5, 0.6) is 0 Å². The van der Waals surface area contributed by atoms with Crippen LogP contribution >= 0.6 is 0 Å². The summed E-state index contributed by atoms with van der Waals surface area (Å²) in [4.78, 5) is 4.20. The summed E-state index contributed by atoms with van der Waals surface area (Å²) < 4.78 is 11.4. The van der Waals surface area contributed by atoms with Crippen molar-refractivity contribution in [1.29, 1.82) is 0 Å². The molecule has 4 nitrogen and oxygen atoms in total. The predicted molar refractivity (Wildman–Crippen MR) is 74.8 cm³/mol. The largest absolute Gasteiger partial charge is 0.355 e. The molecule has 0 aliphatic carbocycles. The Balaban J connectivity index is 3.82. The second kappa shape index (κ2) is 10.8. The fourth-order valence-electron chi connectivity index (χ4n) is 1.08. The minimum atomic E-state index is -0.607. The lowest BCUT2D eigenvalue weighted by Gasteiger charge is -2.19. The maximum Gasteiger partial charge on any atom is 0.172 e. The fourth-order valence-corrected chi connectivity index (χ4v) is 2.02. The quantitative estimate of drug-likeness (QED) is 0.318. The molecule has 0 fully saturated rings. The van der Waals surface area contributed by atoms with Crippen molar-refractivity contribution in [3.63, 3.8) is 0 Å². The Labute approximate surface area is 108 Å². The number of nitrogens with zero attached hydrogens (tertiary/aromatic N) is 2. The van der Waals surface area contributed by atoms with Gasteiger partial charge in [0.25, 0.3) is 0 Å². The Morgan fingerprint density at radius 3 is 1.82 bits per heavy atom. The molecule has 0 unspecified atom stereocenters. The second-order valence-corrected chi connectivity index (χ2v) is 5.84. The molecule has 0 aromatic rings. The number of likely N-dealkylation sites (N-methyl/N-ethyl adjacent to an activating group) is 2. The first-order valence-corrected chi connectivity index (χ1v) is 7.51. The van der Waals surface area contributed by atoms with Gasteiger partial charge in [-0.05, 0) is 35.1 Å². The van der Waals surface area contributed by atoms with Crippen molar-refractivity contribution in [3.05, 3.63) is 0 Å². The topological polar surface area (TPSA) is 24.9 Å². The summed E-state index contributed by atoms with van der Waals surface area (Å²) >= 11 is 0. The minimum Gasteiger partial charge on any atom is -0.355 e. The fraction of sp³-hybridized carbons (Fsp3) is 0.833. The van der Waals surface area contributed by atoms with Crippen molar-refractivity contribution >= 4 is 9.52 Å². The first-order valence-electron chi connectivity index (χ1n) is 5.98. The van der Waals surface area contributed by atoms with E-state index >= 15 is 0 Å². The Bertz CT molecular complexity index is 222. The zero-order valence-electron chi connectivity index (χ0n) is 11.8. The lowest BCUT2D eigenvalue weighted by molar-refractivity contribution is -0.0939. The van der Waals surface area contributed by atoms with E-state index in [0.29, 0.717) is 13.2 Å². The van der Waals surface area contributed by atoms with Gasteiger partial charge in [-0.1, -0.05) is 0 Å². The van der Waals surface area contributed by atoms with Crippen molar-refractivity contribution in [2.24, 2.45) is 0 Å². The van der Waals surface area contributed by atoms with E-state index in [1.807, 2.05) is 35.1 Å². The molecule has 0 saturated carbocycles. The highest BCUT2D eigenvalue weighted by Crippen LogP contribution is 1.94. The summed E-state index contributed by atoms with van der Waals surface area (Å²) in [5.41, 5.74) is 3.14. The molecule has 0 saturated heterocycles. The molecule has 0 rings (SSSR count). The van der Waals surface area contributed by atoms with Gasteiger partial charge >= 0.3 is 0 Å². The van der Waals surface area contributed by atoms with Crippen molar-refractivity contribution in [2.75, 3.05) is 54.5 Å². The highest BCUT2D eigenvalue weighted by molar-refractivity contribution is 6.47. The van der Waals surface area contributed by atoms with Crippen LogP contribution in [0.15, 0.2) is 0 Å². The molecule has 0 amide bonds. The first kappa shape index (κ1) is 16.6. The number of hydrogen-bond acceptors (Lipinski definition) is 4. The molecule has 5 heteroatoms. The lowest BCUT2D eigenvalue weighted by Crippen LogP contribution is -2.30. The van der Waals surface area contributed by atoms with Crippen LogP contribution in [0.3, 0.4) is 0 Å². The summed E-state index contributed by atoms with van der Waals surface area (Å²) in [6, 6.07) is 0. The van der Waals surface area contributed by atoms with E-state index in [1.165, 1.54) is 0 Å². The highest BCUT2D eigenvalue weighted by Gasteiger charge is 2.08. The van der Waals surface area contributed by atoms with Gasteiger partial charge in [0.1, 0.15) is 5.91 Å². The molecule has 0 radical (unpaired) electrons. The van der Waals surface area contributed by atoms with Crippen molar-refractivity contribution in [1.82, 2.24) is 9.80 Å². The second-order valence-electron chi connectivity index (χ2n) is 4.41. The molecule has 0 aromatic heterocycles. The van der Waals surface area contributed by atoms with Crippen molar-refractivity contribution < 1.29 is 9.47 Å². The summed E-state index contributed by atoms with van der Waals surface area (Å²) in [6.07, 6.45) is 0. The SMILES string of the molecule is CC#C[SiH2]C(OCCN(C)C)OCCN(C)C. The standard InChI is InChI=1S/C12H26N2O2Si/c1-6-11-17-12(15-9-7-13(2)3)16-10-8-14(4)5/h12H,7-10,17H2,1-5H3. The molecule has 0 aliphatic rings.